The number of aromatic amines is 2. The number of halogens is 3. The number of anilines is 1. The third-order valence-electron chi connectivity index (χ3n) is 5.96. The van der Waals surface area contributed by atoms with Gasteiger partial charge in [0.05, 0.1) is 11.7 Å². The molecule has 33 heavy (non-hydrogen) atoms. The monoisotopic (exact) mass is 454 g/mol. The van der Waals surface area contributed by atoms with Gasteiger partial charge in [-0.15, -0.1) is 0 Å². The zero-order chi connectivity index (χ0) is 23.0. The number of nitrogens with one attached hydrogen (secondary N) is 2. The van der Waals surface area contributed by atoms with Crippen LogP contribution in [0.5, 0.6) is 0 Å². The van der Waals surface area contributed by atoms with E-state index in [4.69, 9.17) is 0 Å². The second kappa shape index (κ2) is 8.36. The lowest BCUT2D eigenvalue weighted by molar-refractivity contribution is -0.140. The van der Waals surface area contributed by atoms with Crippen LogP contribution in [0.3, 0.4) is 0 Å². The fraction of sp³-hybridized carbons (Fsp3) is 0.261. The van der Waals surface area contributed by atoms with Gasteiger partial charge >= 0.3 is 6.18 Å². The van der Waals surface area contributed by atoms with Crippen LogP contribution in [-0.4, -0.2) is 51.2 Å². The Morgan fingerprint density at radius 1 is 1.06 bits per heavy atom. The van der Waals surface area contributed by atoms with Gasteiger partial charge in [0.1, 0.15) is 5.69 Å². The van der Waals surface area contributed by atoms with Crippen LogP contribution in [0.2, 0.25) is 0 Å². The predicted molar refractivity (Wildman–Crippen MR) is 119 cm³/mol. The molecular weight excluding hydrogens is 433 g/mol. The summed E-state index contributed by atoms with van der Waals surface area (Å²) in [6.45, 7) is 3.56. The van der Waals surface area contributed by atoms with Crippen molar-refractivity contribution in [3.63, 3.8) is 0 Å². The minimum atomic E-state index is -4.52. The predicted octanol–water partition coefficient (Wildman–Crippen LogP) is 3.65. The van der Waals surface area contributed by atoms with Crippen LogP contribution >= 0.6 is 0 Å². The quantitative estimate of drug-likeness (QED) is 0.492. The maximum absolute atomic E-state index is 13.4. The molecule has 0 atom stereocenters. The zero-order valence-corrected chi connectivity index (χ0v) is 17.6. The molecule has 0 spiro atoms. The fourth-order valence-electron chi connectivity index (χ4n) is 4.26. The number of hydrogen-bond donors (Lipinski definition) is 2. The molecular formula is C23H21F3N6O. The molecule has 1 aromatic carbocycles. The first-order chi connectivity index (χ1) is 15.9. The Balaban J connectivity index is 1.40. The van der Waals surface area contributed by atoms with Crippen LogP contribution in [0.4, 0.5) is 18.9 Å². The number of rotatable bonds is 4. The Kier molecular flexibility index (Phi) is 5.37. The Labute approximate surface area is 186 Å². The summed E-state index contributed by atoms with van der Waals surface area (Å²) in [5.74, 6) is 0. The average Bonchev–Trinajstić information content (AvgIpc) is 3.31. The molecule has 170 valence electrons. The molecule has 0 saturated carbocycles. The van der Waals surface area contributed by atoms with Gasteiger partial charge in [0, 0.05) is 67.3 Å². The largest absolute Gasteiger partial charge is 0.433 e. The normalized spacial score (nSPS) is 15.3. The number of nitrogens with zero attached hydrogens (tertiary/aromatic N) is 4. The van der Waals surface area contributed by atoms with Gasteiger partial charge in [-0.2, -0.15) is 18.3 Å². The third-order valence-corrected chi connectivity index (χ3v) is 5.96. The van der Waals surface area contributed by atoms with Gasteiger partial charge in [-0.25, -0.2) is 0 Å². The molecule has 4 aromatic rings. The van der Waals surface area contributed by atoms with E-state index in [1.807, 2.05) is 18.2 Å². The van der Waals surface area contributed by atoms with Gasteiger partial charge in [-0.05, 0) is 29.8 Å². The SMILES string of the molecule is O=c1[nH]cccc1CN1CCN(c2ccnc3ccc(-c4cn[nH]c4C(F)(F)F)cc23)CC1. The topological polar surface area (TPSA) is 80.9 Å². The van der Waals surface area contributed by atoms with Crippen LogP contribution in [0.25, 0.3) is 22.0 Å². The smallest absolute Gasteiger partial charge is 0.368 e. The molecule has 1 saturated heterocycles. The summed E-state index contributed by atoms with van der Waals surface area (Å²) in [7, 11) is 0. The van der Waals surface area contributed by atoms with Crippen LogP contribution in [0.15, 0.2) is 59.8 Å². The van der Waals surface area contributed by atoms with E-state index in [2.05, 4.69) is 30.0 Å². The van der Waals surface area contributed by atoms with Crippen molar-refractivity contribution in [3.8, 4) is 11.1 Å². The zero-order valence-electron chi connectivity index (χ0n) is 17.6. The van der Waals surface area contributed by atoms with Gasteiger partial charge in [0.2, 0.25) is 0 Å². The standard InChI is InChI=1S/C23H21F3N6O/c24-23(25,26)21-18(13-29-30-21)15-3-4-19-17(12-15)20(5-7-27-19)32-10-8-31(9-11-32)14-16-2-1-6-28-22(16)33/h1-7,12-13H,8-11,14H2,(H,28,33)(H,29,30). The summed E-state index contributed by atoms with van der Waals surface area (Å²) in [4.78, 5) is 23.5. The first kappa shape index (κ1) is 21.2. The van der Waals surface area contributed by atoms with E-state index >= 15 is 0 Å². The molecule has 5 rings (SSSR count). The van der Waals surface area contributed by atoms with Gasteiger partial charge in [0.15, 0.2) is 0 Å². The maximum Gasteiger partial charge on any atom is 0.433 e. The third kappa shape index (κ3) is 4.21. The number of pyridine rings is 2. The summed E-state index contributed by atoms with van der Waals surface area (Å²) in [6, 6.07) is 10.7. The van der Waals surface area contributed by atoms with Crippen molar-refractivity contribution in [1.82, 2.24) is 25.1 Å². The average molecular weight is 454 g/mol. The molecule has 10 heteroatoms. The molecule has 1 aliphatic heterocycles. The lowest BCUT2D eigenvalue weighted by Crippen LogP contribution is -2.46. The second-order valence-electron chi connectivity index (χ2n) is 8.01. The van der Waals surface area contributed by atoms with Crippen molar-refractivity contribution >= 4 is 16.6 Å². The van der Waals surface area contributed by atoms with E-state index in [9.17, 15) is 18.0 Å². The van der Waals surface area contributed by atoms with Crippen LogP contribution in [0, 0.1) is 0 Å². The van der Waals surface area contributed by atoms with E-state index in [0.29, 0.717) is 17.6 Å². The molecule has 0 radical (unpaired) electrons. The first-order valence-corrected chi connectivity index (χ1v) is 10.5. The number of aromatic nitrogens is 4. The number of piperazine rings is 1. The molecule has 1 aliphatic rings. The van der Waals surface area contributed by atoms with Crippen molar-refractivity contribution in [3.05, 3.63) is 76.6 Å². The molecule has 4 heterocycles. The minimum absolute atomic E-state index is 0.0112. The van der Waals surface area contributed by atoms with Crippen LogP contribution in [-0.2, 0) is 12.7 Å². The lowest BCUT2D eigenvalue weighted by atomic mass is 10.0. The Hall–Kier alpha value is -3.66. The Morgan fingerprint density at radius 3 is 2.64 bits per heavy atom. The lowest BCUT2D eigenvalue weighted by Gasteiger charge is -2.36. The fourth-order valence-corrected chi connectivity index (χ4v) is 4.26. The number of H-pyrrole nitrogens is 2. The highest BCUT2D eigenvalue weighted by atomic mass is 19.4. The molecule has 2 N–H and O–H groups in total. The highest BCUT2D eigenvalue weighted by molar-refractivity contribution is 5.95. The molecule has 1 fully saturated rings. The van der Waals surface area contributed by atoms with Gasteiger partial charge in [0.25, 0.3) is 5.56 Å². The van der Waals surface area contributed by atoms with Crippen LogP contribution < -0.4 is 10.5 Å². The summed E-state index contributed by atoms with van der Waals surface area (Å²) < 4.78 is 40.1. The number of alkyl halides is 3. The summed E-state index contributed by atoms with van der Waals surface area (Å²) in [6.07, 6.45) is 0.0133. The van der Waals surface area contributed by atoms with Crippen molar-refractivity contribution in [1.29, 1.82) is 0 Å². The highest BCUT2D eigenvalue weighted by Crippen LogP contribution is 2.37. The molecule has 7 nitrogen and oxygen atoms in total. The van der Waals surface area contributed by atoms with E-state index < -0.39 is 11.9 Å². The Bertz CT molecular complexity index is 1340. The molecule has 0 bridgehead atoms. The first-order valence-electron chi connectivity index (χ1n) is 10.5. The summed E-state index contributed by atoms with van der Waals surface area (Å²) in [5.41, 5.74) is 1.87. The second-order valence-corrected chi connectivity index (χ2v) is 8.01. The van der Waals surface area contributed by atoms with Crippen molar-refractivity contribution < 1.29 is 13.2 Å². The number of hydrogen-bond acceptors (Lipinski definition) is 5. The summed E-state index contributed by atoms with van der Waals surface area (Å²) in [5, 5.41) is 6.46. The number of benzene rings is 1. The van der Waals surface area contributed by atoms with Gasteiger partial charge in [-0.3, -0.25) is 19.8 Å². The molecule has 0 unspecified atom stereocenters. The van der Waals surface area contributed by atoms with E-state index in [-0.39, 0.29) is 11.1 Å². The molecule has 0 aliphatic carbocycles. The Morgan fingerprint density at radius 2 is 1.88 bits per heavy atom. The van der Waals surface area contributed by atoms with Crippen molar-refractivity contribution in [2.45, 2.75) is 12.7 Å². The number of fused-ring (bicyclic) bond motifs is 1. The van der Waals surface area contributed by atoms with E-state index in [1.165, 1.54) is 6.20 Å². The van der Waals surface area contributed by atoms with Crippen molar-refractivity contribution in [2.75, 3.05) is 31.1 Å². The molecule has 0 amide bonds. The van der Waals surface area contributed by atoms with Gasteiger partial charge in [-0.1, -0.05) is 12.1 Å². The van der Waals surface area contributed by atoms with Crippen LogP contribution in [0.1, 0.15) is 11.3 Å². The van der Waals surface area contributed by atoms with E-state index in [0.717, 1.165) is 42.8 Å². The van der Waals surface area contributed by atoms with Gasteiger partial charge < -0.3 is 9.88 Å². The summed E-state index contributed by atoms with van der Waals surface area (Å²) >= 11 is 0. The maximum atomic E-state index is 13.4. The van der Waals surface area contributed by atoms with E-state index in [1.54, 1.807) is 30.6 Å². The highest BCUT2D eigenvalue weighted by Gasteiger charge is 2.36. The molecule has 3 aromatic heterocycles. The minimum Gasteiger partial charge on any atom is -0.368 e. The van der Waals surface area contributed by atoms with Crippen molar-refractivity contribution in [2.24, 2.45) is 0 Å².